The van der Waals surface area contributed by atoms with E-state index < -0.39 is 29.5 Å². The maximum absolute atomic E-state index is 12.0. The van der Waals surface area contributed by atoms with Gasteiger partial charge in [0.15, 0.2) is 12.7 Å². The van der Waals surface area contributed by atoms with Gasteiger partial charge in [0.2, 0.25) is 0 Å². The minimum atomic E-state index is -0.957. The molecule has 2 aromatic carbocycles. The van der Waals surface area contributed by atoms with Gasteiger partial charge in [-0.2, -0.15) is 5.26 Å². The van der Waals surface area contributed by atoms with E-state index in [0.29, 0.717) is 22.6 Å². The van der Waals surface area contributed by atoms with E-state index in [2.05, 4.69) is 5.32 Å². The lowest BCUT2D eigenvalue weighted by Crippen LogP contribution is -2.29. The van der Waals surface area contributed by atoms with Crippen LogP contribution in [0.3, 0.4) is 0 Å². The number of nitrogens with one attached hydrogen (secondary N) is 1. The highest BCUT2D eigenvalue weighted by atomic mass is 16.6. The van der Waals surface area contributed by atoms with Crippen LogP contribution < -0.4 is 10.1 Å². The van der Waals surface area contributed by atoms with Gasteiger partial charge in [0, 0.05) is 17.8 Å². The Hall–Kier alpha value is -3.93. The first-order chi connectivity index (χ1) is 13.3. The normalized spacial score (nSPS) is 11.0. The third-order valence-electron chi connectivity index (χ3n) is 3.67. The van der Waals surface area contributed by atoms with Crippen molar-refractivity contribution in [1.29, 1.82) is 5.26 Å². The predicted octanol–water partition coefficient (Wildman–Crippen LogP) is 2.72. The second-order valence-electron chi connectivity index (χ2n) is 5.81. The molecule has 0 spiro atoms. The van der Waals surface area contributed by atoms with Crippen molar-refractivity contribution in [2.45, 2.75) is 20.0 Å². The van der Waals surface area contributed by atoms with Gasteiger partial charge in [-0.25, -0.2) is 4.79 Å². The molecule has 28 heavy (non-hydrogen) atoms. The number of hydrogen-bond acceptors (Lipinski definition) is 7. The highest BCUT2D eigenvalue weighted by Gasteiger charge is 2.18. The molecule has 0 heterocycles. The van der Waals surface area contributed by atoms with E-state index in [0.717, 1.165) is 0 Å². The van der Waals surface area contributed by atoms with Gasteiger partial charge in [-0.1, -0.05) is 0 Å². The molecule has 0 saturated carbocycles. The maximum atomic E-state index is 12.0. The number of nitro groups is 1. The van der Waals surface area contributed by atoms with Gasteiger partial charge in [-0.05, 0) is 49.7 Å². The Morgan fingerprint density at radius 2 is 1.93 bits per heavy atom. The molecule has 1 atom stereocenters. The van der Waals surface area contributed by atoms with Gasteiger partial charge in [0.25, 0.3) is 11.6 Å². The Labute approximate surface area is 160 Å². The standard InChI is InChI=1S/C19H17N3O6/c1-12-9-15(22(25)26)5-8-17(12)21-18(23)11-27-19(24)13(2)28-16-6-3-14(10-20)4-7-16/h3-9,13H,11H2,1-2H3,(H,21,23)/t13-/m0/s1. The number of aryl methyl sites for hydroxylation is 1. The number of nitro benzene ring substituents is 1. The van der Waals surface area contributed by atoms with Gasteiger partial charge in [-0.15, -0.1) is 0 Å². The second-order valence-corrected chi connectivity index (χ2v) is 5.81. The van der Waals surface area contributed by atoms with Crippen molar-refractivity contribution in [3.8, 4) is 11.8 Å². The number of carbonyl (C=O) groups excluding carboxylic acids is 2. The highest BCUT2D eigenvalue weighted by molar-refractivity contribution is 5.93. The topological polar surface area (TPSA) is 132 Å². The third kappa shape index (κ3) is 5.54. The van der Waals surface area contributed by atoms with Gasteiger partial charge >= 0.3 is 5.97 Å². The number of carbonyl (C=O) groups is 2. The summed E-state index contributed by atoms with van der Waals surface area (Å²) in [7, 11) is 0. The van der Waals surface area contributed by atoms with Crippen molar-refractivity contribution in [2.75, 3.05) is 11.9 Å². The summed E-state index contributed by atoms with van der Waals surface area (Å²) in [5, 5.41) is 22.0. The molecule has 9 nitrogen and oxygen atoms in total. The molecule has 2 rings (SSSR count). The first-order valence-electron chi connectivity index (χ1n) is 8.18. The summed E-state index contributed by atoms with van der Waals surface area (Å²) in [5.41, 5.74) is 1.26. The zero-order chi connectivity index (χ0) is 20.7. The summed E-state index contributed by atoms with van der Waals surface area (Å²) < 4.78 is 10.3. The average Bonchev–Trinajstić information content (AvgIpc) is 2.68. The largest absolute Gasteiger partial charge is 0.479 e. The number of ether oxygens (including phenoxy) is 2. The van der Waals surface area contributed by atoms with E-state index in [1.807, 2.05) is 6.07 Å². The SMILES string of the molecule is Cc1cc([N+](=O)[O-])ccc1NC(=O)COC(=O)[C@H](C)Oc1ccc(C#N)cc1. The number of esters is 1. The first-order valence-corrected chi connectivity index (χ1v) is 8.18. The Balaban J connectivity index is 1.85. The summed E-state index contributed by atoms with van der Waals surface area (Å²) in [6.07, 6.45) is -0.957. The molecule has 0 aliphatic rings. The fraction of sp³-hybridized carbons (Fsp3) is 0.211. The number of amides is 1. The van der Waals surface area contributed by atoms with Gasteiger partial charge in [0.05, 0.1) is 16.6 Å². The van der Waals surface area contributed by atoms with Crippen molar-refractivity contribution in [3.05, 3.63) is 63.7 Å². The van der Waals surface area contributed by atoms with Crippen molar-refractivity contribution >= 4 is 23.3 Å². The van der Waals surface area contributed by atoms with Crippen LogP contribution in [0.5, 0.6) is 5.75 Å². The van der Waals surface area contributed by atoms with Crippen LogP contribution in [0, 0.1) is 28.4 Å². The number of anilines is 1. The van der Waals surface area contributed by atoms with Crippen molar-refractivity contribution in [3.63, 3.8) is 0 Å². The summed E-state index contributed by atoms with van der Waals surface area (Å²) in [4.78, 5) is 34.1. The van der Waals surface area contributed by atoms with E-state index in [-0.39, 0.29) is 5.69 Å². The quantitative estimate of drug-likeness (QED) is 0.442. The fourth-order valence-corrected chi connectivity index (χ4v) is 2.20. The molecule has 0 fully saturated rings. The molecular weight excluding hydrogens is 366 g/mol. The van der Waals surface area contributed by atoms with Crippen molar-refractivity contribution in [2.24, 2.45) is 0 Å². The zero-order valence-electron chi connectivity index (χ0n) is 15.2. The van der Waals surface area contributed by atoms with Crippen LogP contribution in [0.2, 0.25) is 0 Å². The van der Waals surface area contributed by atoms with E-state index in [4.69, 9.17) is 14.7 Å². The summed E-state index contributed by atoms with van der Waals surface area (Å²) in [6.45, 7) is 2.55. The van der Waals surface area contributed by atoms with Crippen LogP contribution >= 0.6 is 0 Å². The fourth-order valence-electron chi connectivity index (χ4n) is 2.20. The molecule has 0 unspecified atom stereocenters. The molecule has 0 saturated heterocycles. The molecule has 1 amide bonds. The molecule has 2 aromatic rings. The molecule has 144 valence electrons. The van der Waals surface area contributed by atoms with Crippen LogP contribution in [0.4, 0.5) is 11.4 Å². The minimum Gasteiger partial charge on any atom is -0.479 e. The van der Waals surface area contributed by atoms with Crippen molar-refractivity contribution in [1.82, 2.24) is 0 Å². The molecular formula is C19H17N3O6. The van der Waals surface area contributed by atoms with Crippen molar-refractivity contribution < 1.29 is 24.0 Å². The lowest BCUT2D eigenvalue weighted by atomic mass is 10.2. The summed E-state index contributed by atoms with van der Waals surface area (Å²) in [5.74, 6) is -0.940. The number of non-ortho nitro benzene ring substituents is 1. The van der Waals surface area contributed by atoms with Gasteiger partial charge < -0.3 is 14.8 Å². The molecule has 9 heteroatoms. The molecule has 1 N–H and O–H groups in total. The predicted molar refractivity (Wildman–Crippen MR) is 98.7 cm³/mol. The number of nitrogens with zero attached hydrogens (tertiary/aromatic N) is 2. The lowest BCUT2D eigenvalue weighted by molar-refractivity contribution is -0.384. The summed E-state index contributed by atoms with van der Waals surface area (Å²) >= 11 is 0. The zero-order valence-corrected chi connectivity index (χ0v) is 15.2. The van der Waals surface area contributed by atoms with Crippen LogP contribution in [-0.2, 0) is 14.3 Å². The number of benzene rings is 2. The Morgan fingerprint density at radius 1 is 1.25 bits per heavy atom. The molecule has 0 aliphatic heterocycles. The molecule has 0 aliphatic carbocycles. The molecule has 0 radical (unpaired) electrons. The number of nitriles is 1. The highest BCUT2D eigenvalue weighted by Crippen LogP contribution is 2.21. The number of hydrogen-bond donors (Lipinski definition) is 1. The summed E-state index contributed by atoms with van der Waals surface area (Å²) in [6, 6.07) is 12.2. The Kier molecular flexibility index (Phi) is 6.65. The van der Waals surface area contributed by atoms with Crippen LogP contribution in [-0.4, -0.2) is 29.5 Å². The minimum absolute atomic E-state index is 0.0873. The van der Waals surface area contributed by atoms with E-state index in [9.17, 15) is 19.7 Å². The van der Waals surface area contributed by atoms with Gasteiger partial charge in [0.1, 0.15) is 5.75 Å². The molecule has 0 bridgehead atoms. The van der Waals surface area contributed by atoms with E-state index >= 15 is 0 Å². The second kappa shape index (κ2) is 9.14. The third-order valence-corrected chi connectivity index (χ3v) is 3.67. The van der Waals surface area contributed by atoms with Gasteiger partial charge in [-0.3, -0.25) is 14.9 Å². The van der Waals surface area contributed by atoms with Crippen LogP contribution in [0.1, 0.15) is 18.1 Å². The monoisotopic (exact) mass is 383 g/mol. The van der Waals surface area contributed by atoms with Crippen LogP contribution in [0.25, 0.3) is 0 Å². The van der Waals surface area contributed by atoms with Crippen LogP contribution in [0.15, 0.2) is 42.5 Å². The Morgan fingerprint density at radius 3 is 2.50 bits per heavy atom. The lowest BCUT2D eigenvalue weighted by Gasteiger charge is -2.14. The molecule has 0 aromatic heterocycles. The first kappa shape index (κ1) is 20.4. The number of rotatable bonds is 7. The van der Waals surface area contributed by atoms with E-state index in [1.54, 1.807) is 31.2 Å². The average molecular weight is 383 g/mol. The smallest absolute Gasteiger partial charge is 0.347 e. The maximum Gasteiger partial charge on any atom is 0.347 e. The Bertz CT molecular complexity index is 934. The van der Waals surface area contributed by atoms with E-state index in [1.165, 1.54) is 25.1 Å².